The molecule has 0 aromatic heterocycles. The number of nitrogens with one attached hydrogen (secondary N) is 3. The Kier molecular flexibility index (Phi) is 11.6. The van der Waals surface area contributed by atoms with Crippen LogP contribution in [0.25, 0.3) is 0 Å². The van der Waals surface area contributed by atoms with Crippen molar-refractivity contribution in [3.63, 3.8) is 0 Å². The van der Waals surface area contributed by atoms with Gasteiger partial charge in [-0.25, -0.2) is 4.99 Å². The highest BCUT2D eigenvalue weighted by Gasteiger charge is 2.01. The minimum atomic E-state index is -0.0903. The molecule has 29 heavy (non-hydrogen) atoms. The molecule has 0 unspecified atom stereocenters. The fourth-order valence-electron chi connectivity index (χ4n) is 2.47. The first-order chi connectivity index (χ1) is 13.6. The van der Waals surface area contributed by atoms with E-state index in [-0.39, 0.29) is 29.9 Å². The van der Waals surface area contributed by atoms with Crippen molar-refractivity contribution < 1.29 is 14.3 Å². The molecule has 3 N–H and O–H groups in total. The van der Waals surface area contributed by atoms with E-state index >= 15 is 0 Å². The Morgan fingerprint density at radius 3 is 2.45 bits per heavy atom. The van der Waals surface area contributed by atoms with Gasteiger partial charge in [0.25, 0.3) is 0 Å². The van der Waals surface area contributed by atoms with Gasteiger partial charge in [-0.1, -0.05) is 12.1 Å². The first-order valence-corrected chi connectivity index (χ1v) is 9.26. The Morgan fingerprint density at radius 2 is 1.79 bits per heavy atom. The van der Waals surface area contributed by atoms with Crippen molar-refractivity contribution in [3.8, 4) is 11.5 Å². The summed E-state index contributed by atoms with van der Waals surface area (Å²) in [7, 11) is 1.64. The SMILES string of the molecule is CCNC(=NCc1cccc(NC(C)=O)c1)NCCOc1ccc(OC)cc1.I. The zero-order valence-electron chi connectivity index (χ0n) is 17.0. The summed E-state index contributed by atoms with van der Waals surface area (Å²) >= 11 is 0. The Labute approximate surface area is 189 Å². The summed E-state index contributed by atoms with van der Waals surface area (Å²) in [6.45, 7) is 5.90. The van der Waals surface area contributed by atoms with Crippen LogP contribution >= 0.6 is 24.0 Å². The Balaban J connectivity index is 0.00000420. The molecule has 0 bridgehead atoms. The zero-order valence-corrected chi connectivity index (χ0v) is 19.4. The van der Waals surface area contributed by atoms with Crippen LogP contribution in [0.3, 0.4) is 0 Å². The van der Waals surface area contributed by atoms with Gasteiger partial charge in [0.1, 0.15) is 18.1 Å². The fraction of sp³-hybridized carbons (Fsp3) is 0.333. The van der Waals surface area contributed by atoms with Crippen molar-refractivity contribution in [2.24, 2.45) is 4.99 Å². The van der Waals surface area contributed by atoms with E-state index < -0.39 is 0 Å². The lowest BCUT2D eigenvalue weighted by Gasteiger charge is -2.12. The Hall–Kier alpha value is -2.49. The van der Waals surface area contributed by atoms with Crippen molar-refractivity contribution in [1.29, 1.82) is 0 Å². The molecule has 2 aromatic carbocycles. The van der Waals surface area contributed by atoms with Crippen LogP contribution in [-0.4, -0.2) is 38.7 Å². The average Bonchev–Trinajstić information content (AvgIpc) is 2.69. The first-order valence-electron chi connectivity index (χ1n) is 9.26. The van der Waals surface area contributed by atoms with Gasteiger partial charge in [0, 0.05) is 19.2 Å². The summed E-state index contributed by atoms with van der Waals surface area (Å²) in [5.74, 6) is 2.22. The minimum absolute atomic E-state index is 0. The number of benzene rings is 2. The molecule has 2 rings (SSSR count). The molecule has 0 atom stereocenters. The average molecular weight is 512 g/mol. The van der Waals surface area contributed by atoms with E-state index in [0.717, 1.165) is 29.3 Å². The molecular weight excluding hydrogens is 483 g/mol. The number of ether oxygens (including phenoxy) is 2. The van der Waals surface area contributed by atoms with E-state index in [0.29, 0.717) is 25.7 Å². The van der Waals surface area contributed by atoms with E-state index in [4.69, 9.17) is 9.47 Å². The third-order valence-corrected chi connectivity index (χ3v) is 3.73. The van der Waals surface area contributed by atoms with Gasteiger partial charge in [0.05, 0.1) is 20.2 Å². The summed E-state index contributed by atoms with van der Waals surface area (Å²) in [6.07, 6.45) is 0. The summed E-state index contributed by atoms with van der Waals surface area (Å²) in [5.41, 5.74) is 1.78. The predicted octanol–water partition coefficient (Wildman–Crippen LogP) is 3.41. The van der Waals surface area contributed by atoms with E-state index in [1.807, 2.05) is 55.5 Å². The number of rotatable bonds is 9. The highest BCUT2D eigenvalue weighted by atomic mass is 127. The van der Waals surface area contributed by atoms with E-state index in [1.165, 1.54) is 6.92 Å². The van der Waals surface area contributed by atoms with Crippen molar-refractivity contribution in [2.45, 2.75) is 20.4 Å². The maximum atomic E-state index is 11.2. The number of hydrogen-bond donors (Lipinski definition) is 3. The standard InChI is InChI=1S/C21H28N4O3.HI/c1-4-22-21(23-12-13-28-20-10-8-19(27-3)9-11-20)24-15-17-6-5-7-18(14-17)25-16(2)26;/h5-11,14H,4,12-13,15H2,1-3H3,(H,25,26)(H2,22,23,24);1H. The van der Waals surface area contributed by atoms with Crippen molar-refractivity contribution in [1.82, 2.24) is 10.6 Å². The third-order valence-electron chi connectivity index (χ3n) is 3.73. The smallest absolute Gasteiger partial charge is 0.221 e. The summed E-state index contributed by atoms with van der Waals surface area (Å²) < 4.78 is 10.8. The van der Waals surface area contributed by atoms with Gasteiger partial charge in [-0.2, -0.15) is 0 Å². The zero-order chi connectivity index (χ0) is 20.2. The number of nitrogens with zero attached hydrogens (tertiary/aromatic N) is 1. The van der Waals surface area contributed by atoms with Gasteiger partial charge in [0.2, 0.25) is 5.91 Å². The van der Waals surface area contributed by atoms with Gasteiger partial charge < -0.3 is 25.4 Å². The molecule has 0 aliphatic carbocycles. The Morgan fingerprint density at radius 1 is 1.07 bits per heavy atom. The largest absolute Gasteiger partial charge is 0.497 e. The lowest BCUT2D eigenvalue weighted by atomic mass is 10.2. The van der Waals surface area contributed by atoms with E-state index in [1.54, 1.807) is 7.11 Å². The quantitative estimate of drug-likeness (QED) is 0.208. The minimum Gasteiger partial charge on any atom is -0.497 e. The maximum Gasteiger partial charge on any atom is 0.221 e. The molecular formula is C21H29IN4O3. The number of hydrogen-bond acceptors (Lipinski definition) is 4. The van der Waals surface area contributed by atoms with Crippen LogP contribution in [0.2, 0.25) is 0 Å². The number of anilines is 1. The molecule has 1 amide bonds. The van der Waals surface area contributed by atoms with Crippen LogP contribution in [0.1, 0.15) is 19.4 Å². The molecule has 8 heteroatoms. The van der Waals surface area contributed by atoms with Crippen LogP contribution in [0.15, 0.2) is 53.5 Å². The molecule has 0 aliphatic heterocycles. The predicted molar refractivity (Wildman–Crippen MR) is 127 cm³/mol. The second-order valence-electron chi connectivity index (χ2n) is 6.03. The van der Waals surface area contributed by atoms with Crippen LogP contribution in [0, 0.1) is 0 Å². The van der Waals surface area contributed by atoms with Gasteiger partial charge in [-0.3, -0.25) is 4.79 Å². The van der Waals surface area contributed by atoms with Gasteiger partial charge in [-0.05, 0) is 48.9 Å². The maximum absolute atomic E-state index is 11.2. The van der Waals surface area contributed by atoms with Crippen LogP contribution < -0.4 is 25.4 Å². The summed E-state index contributed by atoms with van der Waals surface area (Å²) in [6, 6.07) is 15.1. The van der Waals surface area contributed by atoms with Crippen LogP contribution in [0.4, 0.5) is 5.69 Å². The molecule has 0 heterocycles. The molecule has 0 fully saturated rings. The number of amides is 1. The molecule has 0 saturated heterocycles. The third kappa shape index (κ3) is 9.51. The van der Waals surface area contributed by atoms with Gasteiger partial charge >= 0.3 is 0 Å². The Bertz CT molecular complexity index is 782. The number of halogens is 1. The molecule has 7 nitrogen and oxygen atoms in total. The normalized spacial score (nSPS) is 10.5. The van der Waals surface area contributed by atoms with Crippen LogP contribution in [0.5, 0.6) is 11.5 Å². The molecule has 0 radical (unpaired) electrons. The number of methoxy groups -OCH3 is 1. The molecule has 158 valence electrons. The lowest BCUT2D eigenvalue weighted by Crippen LogP contribution is -2.39. The highest BCUT2D eigenvalue weighted by molar-refractivity contribution is 14.0. The highest BCUT2D eigenvalue weighted by Crippen LogP contribution is 2.16. The van der Waals surface area contributed by atoms with Gasteiger partial charge in [0.15, 0.2) is 5.96 Å². The van der Waals surface area contributed by atoms with Crippen molar-refractivity contribution in [3.05, 3.63) is 54.1 Å². The number of carbonyl (C=O) groups excluding carboxylic acids is 1. The number of guanidine groups is 1. The van der Waals surface area contributed by atoms with Crippen LogP contribution in [-0.2, 0) is 11.3 Å². The fourth-order valence-corrected chi connectivity index (χ4v) is 2.47. The summed E-state index contributed by atoms with van der Waals surface area (Å²) in [5, 5.41) is 9.24. The molecule has 0 spiro atoms. The monoisotopic (exact) mass is 512 g/mol. The molecule has 0 saturated carbocycles. The van der Waals surface area contributed by atoms with Gasteiger partial charge in [-0.15, -0.1) is 24.0 Å². The van der Waals surface area contributed by atoms with Crippen molar-refractivity contribution in [2.75, 3.05) is 32.1 Å². The second-order valence-corrected chi connectivity index (χ2v) is 6.03. The van der Waals surface area contributed by atoms with E-state index in [2.05, 4.69) is 20.9 Å². The topological polar surface area (TPSA) is 84.0 Å². The number of aliphatic imine (C=N–C) groups is 1. The molecule has 0 aliphatic rings. The second kappa shape index (κ2) is 13.6. The van der Waals surface area contributed by atoms with Crippen molar-refractivity contribution >= 4 is 41.5 Å². The van der Waals surface area contributed by atoms with E-state index in [9.17, 15) is 4.79 Å². The lowest BCUT2D eigenvalue weighted by molar-refractivity contribution is -0.114. The number of carbonyl (C=O) groups is 1. The first kappa shape index (κ1) is 24.5. The summed E-state index contributed by atoms with van der Waals surface area (Å²) in [4.78, 5) is 15.8. The molecule has 2 aromatic rings.